The molecule has 3 rings (SSSR count). The lowest BCUT2D eigenvalue weighted by Crippen LogP contribution is -2.30. The Kier molecular flexibility index (Phi) is 5.09. The molecule has 0 amide bonds. The van der Waals surface area contributed by atoms with Crippen LogP contribution in [0, 0.1) is 0 Å². The molecule has 122 valence electrons. The first-order chi connectivity index (χ1) is 11.1. The molecule has 0 aromatic heterocycles. The lowest BCUT2D eigenvalue weighted by molar-refractivity contribution is 0.131. The molecule has 0 bridgehead atoms. The molecular weight excluding hydrogens is 328 g/mol. The monoisotopic (exact) mass is 348 g/mol. The second-order valence-corrected chi connectivity index (χ2v) is 9.25. The van der Waals surface area contributed by atoms with Crippen molar-refractivity contribution in [2.75, 3.05) is 0 Å². The standard InChI is InChI=1S/C18H20O3S2/c19-14-5-4-8-18(13-14)23(20,21)17-11-9-16(10-12-17)22-15-6-2-1-3-7-15/h1-3,6-7,9-12,14,18-19H,4-5,8,13H2. The first-order valence-corrected chi connectivity index (χ1v) is 10.2. The molecule has 1 aliphatic rings. The van der Waals surface area contributed by atoms with Gasteiger partial charge in [0.2, 0.25) is 0 Å². The highest BCUT2D eigenvalue weighted by atomic mass is 32.2. The Balaban J connectivity index is 1.76. The van der Waals surface area contributed by atoms with E-state index in [-0.39, 0.29) is 0 Å². The second-order valence-electron chi connectivity index (χ2n) is 5.87. The van der Waals surface area contributed by atoms with Gasteiger partial charge in [-0.25, -0.2) is 8.42 Å². The summed E-state index contributed by atoms with van der Waals surface area (Å²) >= 11 is 1.61. The molecule has 23 heavy (non-hydrogen) atoms. The van der Waals surface area contributed by atoms with Crippen LogP contribution in [0.4, 0.5) is 0 Å². The molecule has 5 heteroatoms. The van der Waals surface area contributed by atoms with Gasteiger partial charge in [-0.2, -0.15) is 0 Å². The molecule has 1 fully saturated rings. The van der Waals surface area contributed by atoms with Crippen LogP contribution >= 0.6 is 11.8 Å². The Morgan fingerprint density at radius 1 is 0.913 bits per heavy atom. The quantitative estimate of drug-likeness (QED) is 0.910. The molecule has 2 unspecified atom stereocenters. The van der Waals surface area contributed by atoms with Gasteiger partial charge in [0, 0.05) is 9.79 Å². The molecule has 0 radical (unpaired) electrons. The van der Waals surface area contributed by atoms with E-state index in [1.165, 1.54) is 0 Å². The molecule has 1 saturated carbocycles. The van der Waals surface area contributed by atoms with Crippen LogP contribution in [0.3, 0.4) is 0 Å². The number of rotatable bonds is 4. The van der Waals surface area contributed by atoms with Crippen LogP contribution in [0.2, 0.25) is 0 Å². The molecule has 2 aromatic rings. The van der Waals surface area contributed by atoms with E-state index in [0.717, 1.165) is 16.2 Å². The maximum atomic E-state index is 12.7. The number of hydrogen-bond acceptors (Lipinski definition) is 4. The minimum atomic E-state index is -3.35. The molecule has 0 spiro atoms. The Bertz CT molecular complexity index is 740. The van der Waals surface area contributed by atoms with Crippen molar-refractivity contribution in [3.63, 3.8) is 0 Å². The molecule has 1 N–H and O–H groups in total. The fraction of sp³-hybridized carbons (Fsp3) is 0.333. The van der Waals surface area contributed by atoms with Gasteiger partial charge in [-0.15, -0.1) is 0 Å². The summed E-state index contributed by atoms with van der Waals surface area (Å²) in [5, 5.41) is 9.27. The van der Waals surface area contributed by atoms with Gasteiger partial charge < -0.3 is 5.11 Å². The normalized spacial score (nSPS) is 22.0. The Labute approximate surface area is 141 Å². The van der Waals surface area contributed by atoms with Crippen molar-refractivity contribution < 1.29 is 13.5 Å². The maximum absolute atomic E-state index is 12.7. The van der Waals surface area contributed by atoms with Crippen LogP contribution in [0.15, 0.2) is 69.3 Å². The van der Waals surface area contributed by atoms with Gasteiger partial charge in [0.15, 0.2) is 9.84 Å². The molecular formula is C18H20O3S2. The SMILES string of the molecule is O=S(=O)(c1ccc(Sc2ccccc2)cc1)C1CCCC(O)C1. The molecule has 2 atom stereocenters. The summed E-state index contributed by atoms with van der Waals surface area (Å²) in [6.45, 7) is 0. The number of hydrogen-bond donors (Lipinski definition) is 1. The minimum Gasteiger partial charge on any atom is -0.393 e. The van der Waals surface area contributed by atoms with E-state index in [9.17, 15) is 13.5 Å². The highest BCUT2D eigenvalue weighted by Gasteiger charge is 2.32. The predicted octanol–water partition coefficient (Wildman–Crippen LogP) is 3.92. The zero-order valence-electron chi connectivity index (χ0n) is 12.8. The third-order valence-corrected chi connectivity index (χ3v) is 7.42. The smallest absolute Gasteiger partial charge is 0.181 e. The van der Waals surface area contributed by atoms with E-state index in [1.807, 2.05) is 42.5 Å². The highest BCUT2D eigenvalue weighted by molar-refractivity contribution is 7.99. The van der Waals surface area contributed by atoms with Crippen LogP contribution in [-0.4, -0.2) is 24.9 Å². The van der Waals surface area contributed by atoms with Crippen molar-refractivity contribution in [3.05, 3.63) is 54.6 Å². The maximum Gasteiger partial charge on any atom is 0.181 e. The van der Waals surface area contributed by atoms with Crippen molar-refractivity contribution in [2.24, 2.45) is 0 Å². The fourth-order valence-corrected chi connectivity index (χ4v) is 5.61. The molecule has 0 aliphatic heterocycles. The van der Waals surface area contributed by atoms with Gasteiger partial charge in [-0.05, 0) is 62.1 Å². The molecule has 0 heterocycles. The zero-order chi connectivity index (χ0) is 16.3. The van der Waals surface area contributed by atoms with E-state index in [4.69, 9.17) is 0 Å². The summed E-state index contributed by atoms with van der Waals surface area (Å²) in [5.41, 5.74) is 0. The van der Waals surface area contributed by atoms with Crippen LogP contribution in [-0.2, 0) is 9.84 Å². The average Bonchev–Trinajstić information content (AvgIpc) is 2.56. The fourth-order valence-electron chi connectivity index (χ4n) is 2.92. The van der Waals surface area contributed by atoms with Crippen molar-refractivity contribution >= 4 is 21.6 Å². The zero-order valence-corrected chi connectivity index (χ0v) is 14.4. The van der Waals surface area contributed by atoms with Gasteiger partial charge in [-0.3, -0.25) is 0 Å². The first kappa shape index (κ1) is 16.6. The Hall–Kier alpha value is -1.30. The van der Waals surface area contributed by atoms with Crippen LogP contribution in [0.5, 0.6) is 0 Å². The van der Waals surface area contributed by atoms with E-state index in [1.54, 1.807) is 23.9 Å². The Morgan fingerprint density at radius 3 is 2.22 bits per heavy atom. The van der Waals surface area contributed by atoms with Gasteiger partial charge in [0.05, 0.1) is 16.2 Å². The van der Waals surface area contributed by atoms with Gasteiger partial charge in [0.1, 0.15) is 0 Å². The largest absolute Gasteiger partial charge is 0.393 e. The van der Waals surface area contributed by atoms with Crippen LogP contribution in [0.25, 0.3) is 0 Å². The summed E-state index contributed by atoms with van der Waals surface area (Å²) in [7, 11) is -3.35. The van der Waals surface area contributed by atoms with Gasteiger partial charge >= 0.3 is 0 Å². The predicted molar refractivity (Wildman–Crippen MR) is 92.5 cm³/mol. The topological polar surface area (TPSA) is 54.4 Å². The lowest BCUT2D eigenvalue weighted by atomic mass is 9.97. The number of aliphatic hydroxyl groups is 1. The van der Waals surface area contributed by atoms with E-state index in [2.05, 4.69) is 0 Å². The molecule has 0 saturated heterocycles. The van der Waals surface area contributed by atoms with Gasteiger partial charge in [-0.1, -0.05) is 30.0 Å². The first-order valence-electron chi connectivity index (χ1n) is 7.80. The van der Waals surface area contributed by atoms with Gasteiger partial charge in [0.25, 0.3) is 0 Å². The third kappa shape index (κ3) is 3.97. The molecule has 1 aliphatic carbocycles. The highest BCUT2D eigenvalue weighted by Crippen LogP contribution is 2.31. The molecule has 3 nitrogen and oxygen atoms in total. The summed E-state index contributed by atoms with van der Waals surface area (Å²) in [6.07, 6.45) is 1.98. The summed E-state index contributed by atoms with van der Waals surface area (Å²) < 4.78 is 25.4. The number of sulfone groups is 1. The summed E-state index contributed by atoms with van der Waals surface area (Å²) in [4.78, 5) is 2.49. The van der Waals surface area contributed by atoms with E-state index in [0.29, 0.717) is 24.2 Å². The second kappa shape index (κ2) is 7.07. The number of benzene rings is 2. The van der Waals surface area contributed by atoms with Crippen molar-refractivity contribution in [1.82, 2.24) is 0 Å². The van der Waals surface area contributed by atoms with Crippen molar-refractivity contribution in [2.45, 2.75) is 51.7 Å². The van der Waals surface area contributed by atoms with Crippen LogP contribution in [0.1, 0.15) is 25.7 Å². The van der Waals surface area contributed by atoms with Crippen molar-refractivity contribution in [3.8, 4) is 0 Å². The lowest BCUT2D eigenvalue weighted by Gasteiger charge is -2.25. The Morgan fingerprint density at radius 2 is 1.57 bits per heavy atom. The number of aliphatic hydroxyl groups excluding tert-OH is 1. The average molecular weight is 348 g/mol. The summed E-state index contributed by atoms with van der Waals surface area (Å²) in [5.74, 6) is 0. The summed E-state index contributed by atoms with van der Waals surface area (Å²) in [6, 6.07) is 17.1. The molecule has 2 aromatic carbocycles. The third-order valence-electron chi connectivity index (χ3n) is 4.17. The van der Waals surface area contributed by atoms with Crippen molar-refractivity contribution in [1.29, 1.82) is 0 Å². The van der Waals surface area contributed by atoms with E-state index < -0.39 is 21.2 Å². The van der Waals surface area contributed by atoms with E-state index >= 15 is 0 Å². The van der Waals surface area contributed by atoms with Crippen LogP contribution < -0.4 is 0 Å². The minimum absolute atomic E-state index is 0.350.